The molecule has 0 fully saturated rings. The van der Waals surface area contributed by atoms with Crippen LogP contribution in [0.5, 0.6) is 11.5 Å². The van der Waals surface area contributed by atoms with Crippen molar-refractivity contribution in [1.82, 2.24) is 0 Å². The van der Waals surface area contributed by atoms with E-state index in [1.165, 1.54) is 16.7 Å². The van der Waals surface area contributed by atoms with Crippen LogP contribution in [0.2, 0.25) is 0 Å². The number of benzene rings is 3. The van der Waals surface area contributed by atoms with Gasteiger partial charge in [0.05, 0.1) is 17.6 Å². The van der Waals surface area contributed by atoms with Crippen LogP contribution >= 0.6 is 22.6 Å². The molecule has 3 heteroatoms. The highest BCUT2D eigenvalue weighted by atomic mass is 127. The molecule has 0 spiro atoms. The summed E-state index contributed by atoms with van der Waals surface area (Å²) < 4.78 is 10.3. The summed E-state index contributed by atoms with van der Waals surface area (Å²) in [4.78, 5) is 0. The van der Waals surface area contributed by atoms with Gasteiger partial charge < -0.3 is 9.47 Å². The van der Waals surface area contributed by atoms with Crippen LogP contribution < -0.4 is 9.47 Å². The molecule has 122 valence electrons. The molecule has 0 aliphatic rings. The second-order valence-corrected chi connectivity index (χ2v) is 7.10. The first-order valence-corrected chi connectivity index (χ1v) is 8.80. The Morgan fingerprint density at radius 1 is 0.583 bits per heavy atom. The largest absolute Gasteiger partial charge is 0.497 e. The van der Waals surface area contributed by atoms with E-state index in [4.69, 9.17) is 9.47 Å². The number of ether oxygens (including phenoxy) is 2. The Balaban J connectivity index is 2.16. The van der Waals surface area contributed by atoms with Gasteiger partial charge in [-0.2, -0.15) is 0 Å². The summed E-state index contributed by atoms with van der Waals surface area (Å²) in [5.41, 5.74) is 3.65. The van der Waals surface area contributed by atoms with Gasteiger partial charge in [0, 0.05) is 0 Å². The van der Waals surface area contributed by atoms with Gasteiger partial charge in [0.1, 0.15) is 11.5 Å². The zero-order valence-electron chi connectivity index (χ0n) is 13.7. The third kappa shape index (κ3) is 3.13. The van der Waals surface area contributed by atoms with Crippen molar-refractivity contribution >= 4 is 22.6 Å². The Bertz CT molecular complexity index is 733. The van der Waals surface area contributed by atoms with Gasteiger partial charge in [0.15, 0.2) is 0 Å². The van der Waals surface area contributed by atoms with E-state index in [-0.39, 0.29) is 3.42 Å². The predicted octanol–water partition coefficient (Wildman–Crippen LogP) is 5.43. The van der Waals surface area contributed by atoms with E-state index >= 15 is 0 Å². The molecule has 0 aromatic heterocycles. The van der Waals surface area contributed by atoms with E-state index in [9.17, 15) is 0 Å². The molecule has 3 aromatic rings. The maximum atomic E-state index is 5.30. The first kappa shape index (κ1) is 16.8. The summed E-state index contributed by atoms with van der Waals surface area (Å²) >= 11 is 2.54. The first-order chi connectivity index (χ1) is 11.7. The summed E-state index contributed by atoms with van der Waals surface area (Å²) in [5, 5.41) is 0. The smallest absolute Gasteiger partial charge is 0.118 e. The van der Waals surface area contributed by atoms with Gasteiger partial charge in [-0.25, -0.2) is 0 Å². The first-order valence-electron chi connectivity index (χ1n) is 7.72. The fraction of sp³-hybridized carbons (Fsp3) is 0.143. The second kappa shape index (κ2) is 7.26. The average molecular weight is 430 g/mol. The standard InChI is InChI=1S/C21H19IO2/c1-23-19-12-8-17(9-13-19)21(22,16-6-4-3-5-7-16)18-10-14-20(24-2)15-11-18/h3-15H,1-2H3. The zero-order valence-corrected chi connectivity index (χ0v) is 15.9. The quantitative estimate of drug-likeness (QED) is 0.305. The van der Waals surface area contributed by atoms with E-state index in [1.54, 1.807) is 14.2 Å². The molecule has 0 heterocycles. The lowest BCUT2D eigenvalue weighted by molar-refractivity contribution is 0.414. The Kier molecular flexibility index (Phi) is 5.09. The van der Waals surface area contributed by atoms with Crippen molar-refractivity contribution in [3.8, 4) is 11.5 Å². The minimum Gasteiger partial charge on any atom is -0.497 e. The lowest BCUT2D eigenvalue weighted by Gasteiger charge is -2.30. The van der Waals surface area contributed by atoms with E-state index in [0.717, 1.165) is 11.5 Å². The van der Waals surface area contributed by atoms with Crippen molar-refractivity contribution in [2.45, 2.75) is 3.42 Å². The summed E-state index contributed by atoms with van der Waals surface area (Å²) in [6.07, 6.45) is 0. The van der Waals surface area contributed by atoms with Crippen molar-refractivity contribution in [1.29, 1.82) is 0 Å². The average Bonchev–Trinajstić information content (AvgIpc) is 2.68. The van der Waals surface area contributed by atoms with Gasteiger partial charge in [-0.3, -0.25) is 0 Å². The maximum Gasteiger partial charge on any atom is 0.118 e. The van der Waals surface area contributed by atoms with Crippen LogP contribution in [0.15, 0.2) is 78.9 Å². The minimum absolute atomic E-state index is 0.280. The fourth-order valence-electron chi connectivity index (χ4n) is 2.81. The molecule has 0 N–H and O–H groups in total. The van der Waals surface area contributed by atoms with E-state index in [0.29, 0.717) is 0 Å². The van der Waals surface area contributed by atoms with Crippen LogP contribution in [-0.2, 0) is 3.42 Å². The van der Waals surface area contributed by atoms with Gasteiger partial charge in [-0.15, -0.1) is 0 Å². The van der Waals surface area contributed by atoms with Crippen molar-refractivity contribution in [2.75, 3.05) is 14.2 Å². The summed E-state index contributed by atoms with van der Waals surface area (Å²) in [5.74, 6) is 1.72. The lowest BCUT2D eigenvalue weighted by atomic mass is 9.85. The van der Waals surface area contributed by atoms with Crippen LogP contribution in [0.25, 0.3) is 0 Å². The SMILES string of the molecule is COc1ccc(C(I)(c2ccccc2)c2ccc(OC)cc2)cc1. The van der Waals surface area contributed by atoms with Gasteiger partial charge in [0.25, 0.3) is 0 Å². The molecule has 24 heavy (non-hydrogen) atoms. The third-order valence-electron chi connectivity index (χ3n) is 4.15. The Morgan fingerprint density at radius 3 is 1.33 bits per heavy atom. The highest BCUT2D eigenvalue weighted by Crippen LogP contribution is 2.45. The molecule has 0 radical (unpaired) electrons. The molecule has 0 bridgehead atoms. The van der Waals surface area contributed by atoms with Crippen molar-refractivity contribution in [3.63, 3.8) is 0 Å². The molecule has 2 nitrogen and oxygen atoms in total. The van der Waals surface area contributed by atoms with Gasteiger partial charge in [-0.1, -0.05) is 77.2 Å². The van der Waals surface area contributed by atoms with Gasteiger partial charge >= 0.3 is 0 Å². The molecular formula is C21H19IO2. The topological polar surface area (TPSA) is 18.5 Å². The van der Waals surface area contributed by atoms with Crippen LogP contribution in [0.3, 0.4) is 0 Å². The minimum atomic E-state index is -0.280. The summed E-state index contributed by atoms with van der Waals surface area (Å²) in [7, 11) is 3.37. The van der Waals surface area contributed by atoms with E-state index in [1.807, 2.05) is 30.3 Å². The van der Waals surface area contributed by atoms with Crippen LogP contribution in [0.4, 0.5) is 0 Å². The molecule has 0 saturated carbocycles. The Hall–Kier alpha value is -2.01. The van der Waals surface area contributed by atoms with Gasteiger partial charge in [-0.05, 0) is 41.0 Å². The molecule has 0 aliphatic carbocycles. The normalized spacial score (nSPS) is 11.1. The highest BCUT2D eigenvalue weighted by molar-refractivity contribution is 14.1. The number of alkyl halides is 1. The fourth-order valence-corrected chi connectivity index (χ4v) is 3.89. The molecule has 0 aliphatic heterocycles. The predicted molar refractivity (Wildman–Crippen MR) is 106 cm³/mol. The van der Waals surface area contributed by atoms with Crippen LogP contribution in [0.1, 0.15) is 16.7 Å². The molecule has 0 atom stereocenters. The number of hydrogen-bond donors (Lipinski definition) is 0. The molecule has 3 rings (SSSR count). The van der Waals surface area contributed by atoms with E-state index < -0.39 is 0 Å². The van der Waals surface area contributed by atoms with Crippen molar-refractivity contribution < 1.29 is 9.47 Å². The number of halogens is 1. The monoisotopic (exact) mass is 430 g/mol. The number of hydrogen-bond acceptors (Lipinski definition) is 2. The van der Waals surface area contributed by atoms with Crippen LogP contribution in [0, 0.1) is 0 Å². The Labute approximate surface area is 156 Å². The third-order valence-corrected chi connectivity index (χ3v) is 6.02. The molecular weight excluding hydrogens is 411 g/mol. The second-order valence-electron chi connectivity index (χ2n) is 5.48. The molecule has 0 amide bonds. The Morgan fingerprint density at radius 2 is 0.958 bits per heavy atom. The van der Waals surface area contributed by atoms with Crippen LogP contribution in [-0.4, -0.2) is 14.2 Å². The van der Waals surface area contributed by atoms with E-state index in [2.05, 4.69) is 71.1 Å². The molecule has 0 unspecified atom stereocenters. The summed E-state index contributed by atoms with van der Waals surface area (Å²) in [6.45, 7) is 0. The van der Waals surface area contributed by atoms with Crippen molar-refractivity contribution in [3.05, 3.63) is 95.6 Å². The highest BCUT2D eigenvalue weighted by Gasteiger charge is 2.33. The van der Waals surface area contributed by atoms with Gasteiger partial charge in [0.2, 0.25) is 0 Å². The maximum absolute atomic E-state index is 5.30. The molecule has 0 saturated heterocycles. The molecule has 3 aromatic carbocycles. The zero-order chi connectivity index (χ0) is 17.0. The summed E-state index contributed by atoms with van der Waals surface area (Å²) in [6, 6.07) is 27.1. The number of rotatable bonds is 5. The van der Waals surface area contributed by atoms with Crippen molar-refractivity contribution in [2.24, 2.45) is 0 Å². The number of methoxy groups -OCH3 is 2. The lowest BCUT2D eigenvalue weighted by Crippen LogP contribution is -2.21.